The van der Waals surface area contributed by atoms with E-state index in [4.69, 9.17) is 15.3 Å². The molecule has 4 atom stereocenters. The van der Waals surface area contributed by atoms with Crippen molar-refractivity contribution in [2.75, 3.05) is 12.3 Å². The first kappa shape index (κ1) is 21.9. The van der Waals surface area contributed by atoms with Crippen LogP contribution in [-0.4, -0.2) is 60.6 Å². The van der Waals surface area contributed by atoms with Crippen LogP contribution in [0.15, 0.2) is 6.33 Å². The highest BCUT2D eigenvalue weighted by Crippen LogP contribution is 2.32. The molecule has 3 heterocycles. The van der Waals surface area contributed by atoms with Gasteiger partial charge in [0.2, 0.25) is 11.7 Å². The number of imidazole rings is 1. The minimum absolute atomic E-state index is 0.141. The summed E-state index contributed by atoms with van der Waals surface area (Å²) in [6.07, 6.45) is 0.0527. The number of carbonyl (C=O) groups is 1. The molecule has 1 fully saturated rings. The number of aliphatic hydroxyl groups excluding tert-OH is 2. The third-order valence-corrected chi connectivity index (χ3v) is 4.67. The molecule has 2 aromatic rings. The minimum Gasteiger partial charge on any atom is -0.387 e. The van der Waals surface area contributed by atoms with Crippen molar-refractivity contribution in [3.8, 4) is 11.8 Å². The summed E-state index contributed by atoms with van der Waals surface area (Å²) in [5.74, 6) is 5.99. The van der Waals surface area contributed by atoms with Crippen LogP contribution in [0, 0.1) is 11.8 Å². The number of ether oxygens (including phenoxy) is 1. The van der Waals surface area contributed by atoms with Crippen LogP contribution < -0.4 is 11.2 Å². The summed E-state index contributed by atoms with van der Waals surface area (Å²) in [6.45, 7) is 3.62. The molecule has 3 rings (SSSR count). The van der Waals surface area contributed by atoms with Gasteiger partial charge in [0.25, 0.3) is 0 Å². The molecular weight excluding hydrogens is 392 g/mol. The number of nitrogens with zero attached hydrogens (tertiary/aromatic N) is 4. The average Bonchev–Trinajstić information content (AvgIpc) is 3.27. The van der Waals surface area contributed by atoms with Gasteiger partial charge in [0, 0.05) is 12.8 Å². The number of hydrogen-bond acceptors (Lipinski definition) is 9. The van der Waals surface area contributed by atoms with E-state index < -0.39 is 24.5 Å². The Morgan fingerprint density at radius 2 is 2.17 bits per heavy atom. The van der Waals surface area contributed by atoms with Gasteiger partial charge in [-0.3, -0.25) is 14.2 Å². The predicted octanol–water partition coefficient (Wildman–Crippen LogP) is 0.0272. The molecule has 1 saturated heterocycles. The van der Waals surface area contributed by atoms with Crippen LogP contribution in [0.25, 0.3) is 11.2 Å². The Labute approximate surface area is 173 Å². The highest BCUT2D eigenvalue weighted by Gasteiger charge is 2.44. The van der Waals surface area contributed by atoms with Crippen LogP contribution in [0.2, 0.25) is 0 Å². The molecular formula is C19H26N6O5. The van der Waals surface area contributed by atoms with Crippen molar-refractivity contribution >= 4 is 22.9 Å². The lowest BCUT2D eigenvalue weighted by atomic mass is 10.1. The Balaban J connectivity index is 1.80. The summed E-state index contributed by atoms with van der Waals surface area (Å²) in [6, 6.07) is 0. The highest BCUT2D eigenvalue weighted by molar-refractivity contribution is 5.82. The van der Waals surface area contributed by atoms with Crippen LogP contribution in [0.1, 0.15) is 51.6 Å². The zero-order chi connectivity index (χ0) is 21.7. The van der Waals surface area contributed by atoms with Crippen LogP contribution in [0.3, 0.4) is 0 Å². The monoisotopic (exact) mass is 418 g/mol. The predicted molar refractivity (Wildman–Crippen MR) is 106 cm³/mol. The summed E-state index contributed by atoms with van der Waals surface area (Å²) in [7, 11) is 0. The molecule has 0 bridgehead atoms. The van der Waals surface area contributed by atoms with E-state index >= 15 is 0 Å². The van der Waals surface area contributed by atoms with E-state index in [1.165, 1.54) is 10.9 Å². The fourth-order valence-corrected chi connectivity index (χ4v) is 2.96. The smallest absolute Gasteiger partial charge is 0.243 e. The van der Waals surface area contributed by atoms with E-state index in [9.17, 15) is 15.0 Å². The lowest BCUT2D eigenvalue weighted by Crippen LogP contribution is -2.36. The van der Waals surface area contributed by atoms with Crippen molar-refractivity contribution in [3.05, 3.63) is 12.2 Å². The molecule has 0 saturated carbocycles. The third-order valence-electron chi connectivity index (χ3n) is 4.67. The Hall–Kier alpha value is -2.78. The van der Waals surface area contributed by atoms with Gasteiger partial charge in [-0.15, -0.1) is 0 Å². The number of fused-ring (bicyclic) bond motifs is 1. The van der Waals surface area contributed by atoms with Crippen LogP contribution in [0.5, 0.6) is 0 Å². The van der Waals surface area contributed by atoms with Gasteiger partial charge in [-0.25, -0.2) is 20.4 Å². The number of hydroxylamine groups is 1. The van der Waals surface area contributed by atoms with E-state index in [0.29, 0.717) is 11.2 Å². The Kier molecular flexibility index (Phi) is 7.17. The molecule has 0 aliphatic carbocycles. The van der Waals surface area contributed by atoms with Gasteiger partial charge in [-0.05, 0) is 12.3 Å². The van der Waals surface area contributed by atoms with Gasteiger partial charge in [0.05, 0.1) is 6.33 Å². The number of nitrogens with two attached hydrogens (primary N) is 1. The molecule has 1 aliphatic heterocycles. The molecule has 5 N–H and O–H groups in total. The summed E-state index contributed by atoms with van der Waals surface area (Å²) in [5.41, 5.74) is 8.90. The quantitative estimate of drug-likeness (QED) is 0.276. The molecule has 11 heteroatoms. The van der Waals surface area contributed by atoms with Crippen molar-refractivity contribution in [1.29, 1.82) is 0 Å². The maximum Gasteiger partial charge on any atom is 0.243 e. The summed E-state index contributed by atoms with van der Waals surface area (Å²) in [4.78, 5) is 29.1. The zero-order valence-electron chi connectivity index (χ0n) is 16.9. The lowest BCUT2D eigenvalue weighted by Gasteiger charge is -2.16. The number of anilines is 1. The second-order valence-corrected chi connectivity index (χ2v) is 6.90. The normalized spacial score (nSPS) is 23.3. The average molecular weight is 418 g/mol. The Morgan fingerprint density at radius 1 is 1.37 bits per heavy atom. The van der Waals surface area contributed by atoms with Crippen molar-refractivity contribution in [2.24, 2.45) is 0 Å². The van der Waals surface area contributed by atoms with Crippen LogP contribution in [-0.2, 0) is 14.4 Å². The topological polar surface area (TPSA) is 158 Å². The summed E-state index contributed by atoms with van der Waals surface area (Å²) < 4.78 is 7.23. The second kappa shape index (κ2) is 9.82. The van der Waals surface area contributed by atoms with Crippen LogP contribution >= 0.6 is 0 Å². The number of amides is 1. The van der Waals surface area contributed by atoms with Gasteiger partial charge in [-0.1, -0.05) is 26.2 Å². The molecule has 0 aromatic carbocycles. The Morgan fingerprint density at radius 3 is 2.90 bits per heavy atom. The number of unbranched alkanes of at least 4 members (excludes halogenated alkanes) is 2. The number of nitrogens with one attached hydrogen (secondary N) is 1. The third kappa shape index (κ3) is 4.68. The zero-order valence-corrected chi connectivity index (χ0v) is 16.9. The Bertz CT molecular complexity index is 952. The molecule has 11 nitrogen and oxygen atoms in total. The molecule has 30 heavy (non-hydrogen) atoms. The first-order chi connectivity index (χ1) is 14.5. The van der Waals surface area contributed by atoms with Crippen molar-refractivity contribution in [2.45, 2.75) is 64.1 Å². The summed E-state index contributed by atoms with van der Waals surface area (Å²) >= 11 is 0. The van der Waals surface area contributed by atoms with Crippen molar-refractivity contribution < 1.29 is 24.6 Å². The number of aromatic nitrogens is 4. The highest BCUT2D eigenvalue weighted by atomic mass is 16.7. The van der Waals surface area contributed by atoms with E-state index in [1.54, 1.807) is 6.92 Å². The van der Waals surface area contributed by atoms with E-state index in [1.807, 2.05) is 0 Å². The largest absolute Gasteiger partial charge is 0.387 e. The fraction of sp³-hybridized carbons (Fsp3) is 0.579. The van der Waals surface area contributed by atoms with Gasteiger partial charge < -0.3 is 20.7 Å². The number of rotatable bonds is 7. The van der Waals surface area contributed by atoms with Gasteiger partial charge >= 0.3 is 0 Å². The number of carbonyl (C=O) groups excluding carboxylic acids is 1. The number of nitrogen functional groups attached to an aromatic ring is 1. The SMILES string of the molecule is CCCCC#Cc1nc(N)c2ncn([C@@H]3O[C@H](CONC(=O)CC)C(O)C3O)c2n1. The molecule has 1 aliphatic rings. The van der Waals surface area contributed by atoms with Crippen molar-refractivity contribution in [1.82, 2.24) is 25.0 Å². The van der Waals surface area contributed by atoms with E-state index in [-0.39, 0.29) is 30.6 Å². The van der Waals surface area contributed by atoms with Crippen LogP contribution in [0.4, 0.5) is 5.82 Å². The van der Waals surface area contributed by atoms with Gasteiger partial charge in [0.15, 0.2) is 17.7 Å². The van der Waals surface area contributed by atoms with Crippen molar-refractivity contribution in [3.63, 3.8) is 0 Å². The maximum absolute atomic E-state index is 11.3. The summed E-state index contributed by atoms with van der Waals surface area (Å²) in [5, 5.41) is 20.8. The standard InChI is InChI=1S/C19H26N6O5/c1-3-5-6-7-8-12-22-17(20)14-18(23-12)25(10-21-14)19-16(28)15(27)11(30-19)9-29-24-13(26)4-2/h10-11,15-16,19,27-28H,3-6,9H2,1-2H3,(H,24,26)(H2,20,22,23)/t11-,15?,16?,19-/m1/s1. The molecule has 2 unspecified atom stereocenters. The van der Waals surface area contributed by atoms with E-state index in [0.717, 1.165) is 19.3 Å². The molecule has 0 spiro atoms. The number of aliphatic hydroxyl groups is 2. The maximum atomic E-state index is 11.3. The first-order valence-electron chi connectivity index (χ1n) is 9.87. The fourth-order valence-electron chi connectivity index (χ4n) is 2.96. The number of hydrogen-bond donors (Lipinski definition) is 4. The second-order valence-electron chi connectivity index (χ2n) is 6.90. The first-order valence-corrected chi connectivity index (χ1v) is 9.87. The van der Waals surface area contributed by atoms with Gasteiger partial charge in [-0.2, -0.15) is 0 Å². The molecule has 1 amide bonds. The minimum atomic E-state index is -1.27. The molecule has 0 radical (unpaired) electrons. The van der Waals surface area contributed by atoms with E-state index in [2.05, 4.69) is 39.2 Å². The molecule has 162 valence electrons. The lowest BCUT2D eigenvalue weighted by molar-refractivity contribution is -0.139. The van der Waals surface area contributed by atoms with Gasteiger partial charge in [0.1, 0.15) is 30.4 Å². The molecule has 2 aromatic heterocycles.